The van der Waals surface area contributed by atoms with E-state index >= 15 is 0 Å². The van der Waals surface area contributed by atoms with Crippen LogP contribution in [0.15, 0.2) is 36.5 Å². The van der Waals surface area contributed by atoms with E-state index < -0.39 is 6.10 Å². The van der Waals surface area contributed by atoms with Crippen molar-refractivity contribution >= 4 is 11.6 Å². The lowest BCUT2D eigenvalue weighted by molar-refractivity contribution is 0.178. The Morgan fingerprint density at radius 3 is 2.84 bits per heavy atom. The highest BCUT2D eigenvalue weighted by atomic mass is 35.5. The Morgan fingerprint density at radius 1 is 1.16 bits per heavy atom. The molecule has 0 bridgehead atoms. The Labute approximate surface area is 118 Å². The molecule has 0 amide bonds. The number of hydrogen-bond donors (Lipinski definition) is 1. The number of aliphatic hydroxyl groups is 1. The van der Waals surface area contributed by atoms with Crippen LogP contribution in [0.4, 0.5) is 0 Å². The molecule has 1 unspecified atom stereocenters. The van der Waals surface area contributed by atoms with Crippen LogP contribution in [0.2, 0.25) is 5.15 Å². The fraction of sp³-hybridized carbons (Fsp3) is 0.312. The molecule has 0 spiro atoms. The van der Waals surface area contributed by atoms with Gasteiger partial charge in [-0.05, 0) is 53.6 Å². The van der Waals surface area contributed by atoms with Crippen molar-refractivity contribution in [1.29, 1.82) is 0 Å². The first kappa shape index (κ1) is 12.6. The number of aryl methyl sites for hydroxylation is 2. The van der Waals surface area contributed by atoms with E-state index in [4.69, 9.17) is 11.6 Å². The van der Waals surface area contributed by atoms with E-state index in [0.29, 0.717) is 11.6 Å². The van der Waals surface area contributed by atoms with Gasteiger partial charge in [-0.3, -0.25) is 0 Å². The molecule has 1 aliphatic carbocycles. The highest BCUT2D eigenvalue weighted by Gasteiger charge is 2.13. The maximum Gasteiger partial charge on any atom is 0.129 e. The van der Waals surface area contributed by atoms with Gasteiger partial charge in [0.2, 0.25) is 0 Å². The van der Waals surface area contributed by atoms with E-state index in [1.807, 2.05) is 6.07 Å². The Bertz CT molecular complexity index is 597. The molecule has 98 valence electrons. The van der Waals surface area contributed by atoms with Crippen molar-refractivity contribution in [2.24, 2.45) is 0 Å². The van der Waals surface area contributed by atoms with Crippen LogP contribution in [0.25, 0.3) is 0 Å². The fourth-order valence-corrected chi connectivity index (χ4v) is 2.90. The molecule has 1 aliphatic rings. The van der Waals surface area contributed by atoms with Gasteiger partial charge in [0.1, 0.15) is 5.15 Å². The minimum Gasteiger partial charge on any atom is -0.388 e. The second-order valence-electron chi connectivity index (χ2n) is 5.09. The van der Waals surface area contributed by atoms with Crippen LogP contribution in [-0.2, 0) is 19.3 Å². The second-order valence-corrected chi connectivity index (χ2v) is 5.48. The topological polar surface area (TPSA) is 33.1 Å². The van der Waals surface area contributed by atoms with Crippen LogP contribution in [-0.4, -0.2) is 10.1 Å². The lowest BCUT2D eigenvalue weighted by Crippen LogP contribution is -2.02. The largest absolute Gasteiger partial charge is 0.388 e. The van der Waals surface area contributed by atoms with E-state index in [1.54, 1.807) is 12.3 Å². The summed E-state index contributed by atoms with van der Waals surface area (Å²) in [4.78, 5) is 3.93. The minimum absolute atomic E-state index is 0.422. The summed E-state index contributed by atoms with van der Waals surface area (Å²) in [6, 6.07) is 10.1. The number of halogens is 1. The van der Waals surface area contributed by atoms with E-state index in [9.17, 15) is 5.11 Å². The summed E-state index contributed by atoms with van der Waals surface area (Å²) in [6.07, 6.45) is 5.33. The van der Waals surface area contributed by atoms with E-state index in [-0.39, 0.29) is 0 Å². The van der Waals surface area contributed by atoms with Gasteiger partial charge < -0.3 is 5.11 Å². The Balaban J connectivity index is 1.77. The number of hydrogen-bond acceptors (Lipinski definition) is 2. The summed E-state index contributed by atoms with van der Waals surface area (Å²) in [7, 11) is 0. The maximum absolute atomic E-state index is 10.3. The highest BCUT2D eigenvalue weighted by molar-refractivity contribution is 6.29. The fourth-order valence-electron chi connectivity index (χ4n) is 2.72. The van der Waals surface area contributed by atoms with Crippen molar-refractivity contribution in [2.75, 3.05) is 0 Å². The van der Waals surface area contributed by atoms with Crippen molar-refractivity contribution in [2.45, 2.75) is 31.8 Å². The summed E-state index contributed by atoms with van der Waals surface area (Å²) in [6.45, 7) is 0. The van der Waals surface area contributed by atoms with Gasteiger partial charge in [-0.25, -0.2) is 4.98 Å². The number of benzene rings is 1. The molecule has 0 radical (unpaired) electrons. The molecule has 0 saturated heterocycles. The third kappa shape index (κ3) is 2.80. The Kier molecular flexibility index (Phi) is 3.54. The van der Waals surface area contributed by atoms with Crippen LogP contribution in [0.1, 0.15) is 34.8 Å². The molecular formula is C16H16ClNO. The molecule has 1 heterocycles. The Morgan fingerprint density at radius 2 is 2.00 bits per heavy atom. The van der Waals surface area contributed by atoms with Gasteiger partial charge in [-0.2, -0.15) is 0 Å². The lowest BCUT2D eigenvalue weighted by atomic mass is 9.99. The van der Waals surface area contributed by atoms with Crippen LogP contribution in [0.5, 0.6) is 0 Å². The molecule has 1 atom stereocenters. The molecule has 1 aromatic heterocycles. The summed E-state index contributed by atoms with van der Waals surface area (Å²) in [5.41, 5.74) is 4.91. The van der Waals surface area contributed by atoms with Gasteiger partial charge in [-0.15, -0.1) is 0 Å². The van der Waals surface area contributed by atoms with Crippen LogP contribution < -0.4 is 0 Å². The zero-order valence-corrected chi connectivity index (χ0v) is 11.4. The predicted octanol–water partition coefficient (Wildman–Crippen LogP) is 3.50. The molecule has 2 aromatic rings. The van der Waals surface area contributed by atoms with Gasteiger partial charge in [0.05, 0.1) is 6.10 Å². The third-order valence-corrected chi connectivity index (χ3v) is 3.93. The van der Waals surface area contributed by atoms with E-state index in [1.165, 1.54) is 36.0 Å². The van der Waals surface area contributed by atoms with E-state index in [2.05, 4.69) is 23.2 Å². The minimum atomic E-state index is -0.528. The molecule has 3 rings (SSSR count). The molecular weight excluding hydrogens is 258 g/mol. The van der Waals surface area contributed by atoms with Crippen molar-refractivity contribution in [3.05, 3.63) is 63.9 Å². The lowest BCUT2D eigenvalue weighted by Gasteiger charge is -2.12. The van der Waals surface area contributed by atoms with Crippen LogP contribution in [0, 0.1) is 0 Å². The number of fused-ring (bicyclic) bond motifs is 1. The smallest absolute Gasteiger partial charge is 0.129 e. The van der Waals surface area contributed by atoms with Gasteiger partial charge in [0.15, 0.2) is 0 Å². The molecule has 1 N–H and O–H groups in total. The predicted molar refractivity (Wildman–Crippen MR) is 76.4 cm³/mol. The van der Waals surface area contributed by atoms with Crippen molar-refractivity contribution in [3.63, 3.8) is 0 Å². The number of aliphatic hydroxyl groups excluding tert-OH is 1. The standard InChI is InChI=1S/C16H16ClNO/c17-16-10-14(6-7-18-16)15(19)9-11-4-5-12-2-1-3-13(12)8-11/h4-8,10,15,19H,1-3,9H2. The SMILES string of the molecule is OC(Cc1ccc2c(c1)CCC2)c1ccnc(Cl)c1. The molecule has 19 heavy (non-hydrogen) atoms. The van der Waals surface area contributed by atoms with Crippen molar-refractivity contribution in [3.8, 4) is 0 Å². The molecule has 0 aliphatic heterocycles. The summed E-state index contributed by atoms with van der Waals surface area (Å²) in [5, 5.41) is 10.7. The first-order chi connectivity index (χ1) is 9.22. The number of pyridine rings is 1. The number of rotatable bonds is 3. The quantitative estimate of drug-likeness (QED) is 0.869. The molecule has 2 nitrogen and oxygen atoms in total. The van der Waals surface area contributed by atoms with Crippen molar-refractivity contribution < 1.29 is 5.11 Å². The van der Waals surface area contributed by atoms with Crippen molar-refractivity contribution in [1.82, 2.24) is 4.98 Å². The molecule has 1 aromatic carbocycles. The number of nitrogens with zero attached hydrogens (tertiary/aromatic N) is 1. The first-order valence-corrected chi connectivity index (χ1v) is 7.00. The summed E-state index contributed by atoms with van der Waals surface area (Å²) in [5.74, 6) is 0. The molecule has 0 saturated carbocycles. The average Bonchev–Trinajstić information content (AvgIpc) is 2.86. The maximum atomic E-state index is 10.3. The monoisotopic (exact) mass is 273 g/mol. The van der Waals surface area contributed by atoms with Crippen LogP contribution >= 0.6 is 11.6 Å². The Hall–Kier alpha value is -1.38. The normalized spacial score (nSPS) is 15.3. The van der Waals surface area contributed by atoms with Gasteiger partial charge in [-0.1, -0.05) is 29.8 Å². The number of aromatic nitrogens is 1. The third-order valence-electron chi connectivity index (χ3n) is 3.73. The van der Waals surface area contributed by atoms with Crippen LogP contribution in [0.3, 0.4) is 0 Å². The summed E-state index contributed by atoms with van der Waals surface area (Å²) >= 11 is 5.85. The first-order valence-electron chi connectivity index (χ1n) is 6.62. The highest BCUT2D eigenvalue weighted by Crippen LogP contribution is 2.26. The molecule has 3 heteroatoms. The zero-order valence-electron chi connectivity index (χ0n) is 10.6. The second kappa shape index (κ2) is 5.32. The zero-order chi connectivity index (χ0) is 13.2. The van der Waals surface area contributed by atoms with Gasteiger partial charge >= 0.3 is 0 Å². The molecule has 0 fully saturated rings. The summed E-state index contributed by atoms with van der Waals surface area (Å²) < 4.78 is 0. The van der Waals surface area contributed by atoms with Gasteiger partial charge in [0, 0.05) is 12.6 Å². The van der Waals surface area contributed by atoms with E-state index in [0.717, 1.165) is 5.56 Å². The average molecular weight is 274 g/mol. The van der Waals surface area contributed by atoms with Gasteiger partial charge in [0.25, 0.3) is 0 Å².